The number of methoxy groups -OCH3 is 2. The monoisotopic (exact) mass is 344 g/mol. The number of anilines is 1. The lowest BCUT2D eigenvalue weighted by Gasteiger charge is -2.36. The summed E-state index contributed by atoms with van der Waals surface area (Å²) in [5.74, 6) is 0.0326. The lowest BCUT2D eigenvalue weighted by Crippen LogP contribution is -2.43. The molecule has 1 aromatic carbocycles. The number of nitrogens with zero attached hydrogens (tertiary/aromatic N) is 2. The summed E-state index contributed by atoms with van der Waals surface area (Å²) in [6.07, 6.45) is 0.625. The van der Waals surface area contributed by atoms with Crippen molar-refractivity contribution in [1.82, 2.24) is 4.98 Å². The van der Waals surface area contributed by atoms with E-state index < -0.39 is 12.1 Å². The van der Waals surface area contributed by atoms with E-state index in [-0.39, 0.29) is 5.92 Å². The standard InChI is InChI=1S/C19H24N2O4/c1-12-10-15(14-7-4-8-16(24-2)17(14)20-12)21-9-5-6-13(11-21)18(22)19(23)25-3/h4,7-8,10,13,18,22H,5-6,9,11H2,1-3H3. The van der Waals surface area contributed by atoms with E-state index in [2.05, 4.69) is 16.0 Å². The molecule has 0 bridgehead atoms. The van der Waals surface area contributed by atoms with Gasteiger partial charge in [-0.3, -0.25) is 0 Å². The van der Waals surface area contributed by atoms with Gasteiger partial charge in [-0.15, -0.1) is 0 Å². The summed E-state index contributed by atoms with van der Waals surface area (Å²) in [5, 5.41) is 11.2. The molecule has 134 valence electrons. The fraction of sp³-hybridized carbons (Fsp3) is 0.474. The van der Waals surface area contributed by atoms with E-state index in [4.69, 9.17) is 9.47 Å². The SMILES string of the molecule is COC(=O)C(O)C1CCCN(c2cc(C)nc3c(OC)cccc23)C1. The van der Waals surface area contributed by atoms with E-state index in [0.29, 0.717) is 6.54 Å². The Morgan fingerprint density at radius 1 is 1.40 bits per heavy atom. The number of pyridine rings is 1. The minimum absolute atomic E-state index is 0.143. The van der Waals surface area contributed by atoms with Gasteiger partial charge in [-0.1, -0.05) is 12.1 Å². The number of carbonyl (C=O) groups is 1. The van der Waals surface area contributed by atoms with Gasteiger partial charge in [-0.25, -0.2) is 9.78 Å². The van der Waals surface area contributed by atoms with E-state index in [9.17, 15) is 9.90 Å². The van der Waals surface area contributed by atoms with Crippen molar-refractivity contribution >= 4 is 22.6 Å². The van der Waals surface area contributed by atoms with Crippen molar-refractivity contribution in [3.8, 4) is 5.75 Å². The highest BCUT2D eigenvalue weighted by atomic mass is 16.5. The third-order valence-corrected chi connectivity index (χ3v) is 4.82. The lowest BCUT2D eigenvalue weighted by atomic mass is 9.92. The number of carbonyl (C=O) groups excluding carboxylic acids is 1. The highest BCUT2D eigenvalue weighted by molar-refractivity contribution is 5.95. The molecule has 6 heteroatoms. The first-order valence-electron chi connectivity index (χ1n) is 8.50. The molecular weight excluding hydrogens is 320 g/mol. The third kappa shape index (κ3) is 3.39. The Morgan fingerprint density at radius 3 is 2.92 bits per heavy atom. The Hall–Kier alpha value is -2.34. The van der Waals surface area contributed by atoms with Gasteiger partial charge in [0, 0.05) is 35.8 Å². The van der Waals surface area contributed by atoms with Crippen molar-refractivity contribution < 1.29 is 19.4 Å². The summed E-state index contributed by atoms with van der Waals surface area (Å²) in [4.78, 5) is 18.5. The number of benzene rings is 1. The summed E-state index contributed by atoms with van der Waals surface area (Å²) in [6.45, 7) is 3.44. The zero-order valence-corrected chi connectivity index (χ0v) is 14.9. The Balaban J connectivity index is 1.97. The smallest absolute Gasteiger partial charge is 0.335 e. The molecule has 3 rings (SSSR count). The van der Waals surface area contributed by atoms with Gasteiger partial charge < -0.3 is 19.5 Å². The van der Waals surface area contributed by atoms with Gasteiger partial charge in [0.1, 0.15) is 11.3 Å². The molecule has 0 aliphatic carbocycles. The highest BCUT2D eigenvalue weighted by Crippen LogP contribution is 2.34. The molecule has 0 amide bonds. The number of ether oxygens (including phenoxy) is 2. The number of aliphatic hydroxyl groups is 1. The molecule has 1 fully saturated rings. The molecule has 0 spiro atoms. The first kappa shape index (κ1) is 17.5. The first-order valence-corrected chi connectivity index (χ1v) is 8.50. The predicted molar refractivity (Wildman–Crippen MR) is 96.0 cm³/mol. The number of rotatable bonds is 4. The van der Waals surface area contributed by atoms with Gasteiger partial charge in [-0.2, -0.15) is 0 Å². The minimum Gasteiger partial charge on any atom is -0.494 e. The maximum Gasteiger partial charge on any atom is 0.335 e. The van der Waals surface area contributed by atoms with Crippen LogP contribution < -0.4 is 9.64 Å². The minimum atomic E-state index is -1.09. The molecule has 1 aliphatic rings. The number of esters is 1. The van der Waals surface area contributed by atoms with Crippen LogP contribution in [0.4, 0.5) is 5.69 Å². The van der Waals surface area contributed by atoms with Crippen molar-refractivity contribution in [2.24, 2.45) is 5.92 Å². The molecule has 2 aromatic rings. The normalized spacial score (nSPS) is 18.9. The van der Waals surface area contributed by atoms with Crippen LogP contribution in [0, 0.1) is 12.8 Å². The van der Waals surface area contributed by atoms with Crippen molar-refractivity contribution in [2.75, 3.05) is 32.2 Å². The predicted octanol–water partition coefficient (Wildman–Crippen LogP) is 2.30. The van der Waals surface area contributed by atoms with Gasteiger partial charge in [0.25, 0.3) is 0 Å². The number of hydrogen-bond acceptors (Lipinski definition) is 6. The van der Waals surface area contributed by atoms with Crippen LogP contribution in [0.15, 0.2) is 24.3 Å². The van der Waals surface area contributed by atoms with Crippen LogP contribution in [0.5, 0.6) is 5.75 Å². The van der Waals surface area contributed by atoms with E-state index >= 15 is 0 Å². The molecular formula is C19H24N2O4. The van der Waals surface area contributed by atoms with Crippen molar-refractivity contribution in [1.29, 1.82) is 0 Å². The van der Waals surface area contributed by atoms with E-state index in [1.807, 2.05) is 25.1 Å². The molecule has 2 heterocycles. The molecule has 2 unspecified atom stereocenters. The average Bonchev–Trinajstić information content (AvgIpc) is 2.65. The molecule has 0 radical (unpaired) electrons. The second-order valence-electron chi connectivity index (χ2n) is 6.46. The second kappa shape index (κ2) is 7.27. The first-order chi connectivity index (χ1) is 12.0. The van der Waals surface area contributed by atoms with Gasteiger partial charge in [0.2, 0.25) is 0 Å². The number of hydrogen-bond donors (Lipinski definition) is 1. The Bertz CT molecular complexity index is 777. The van der Waals surface area contributed by atoms with Crippen molar-refractivity contribution in [2.45, 2.75) is 25.9 Å². The number of fused-ring (bicyclic) bond motifs is 1. The topological polar surface area (TPSA) is 71.9 Å². The molecule has 1 aromatic heterocycles. The molecule has 25 heavy (non-hydrogen) atoms. The van der Waals surface area contributed by atoms with Gasteiger partial charge in [0.15, 0.2) is 6.10 Å². The summed E-state index contributed by atoms with van der Waals surface area (Å²) in [7, 11) is 2.94. The maximum absolute atomic E-state index is 11.7. The molecule has 1 N–H and O–H groups in total. The average molecular weight is 344 g/mol. The van der Waals surface area contributed by atoms with Crippen LogP contribution in [0.25, 0.3) is 10.9 Å². The second-order valence-corrected chi connectivity index (χ2v) is 6.46. The van der Waals surface area contributed by atoms with Gasteiger partial charge >= 0.3 is 5.97 Å². The van der Waals surface area contributed by atoms with Crippen LogP contribution in [0.2, 0.25) is 0 Å². The highest BCUT2D eigenvalue weighted by Gasteiger charge is 2.32. The quantitative estimate of drug-likeness (QED) is 0.858. The lowest BCUT2D eigenvalue weighted by molar-refractivity contribution is -0.153. The molecule has 0 saturated carbocycles. The number of aryl methyl sites for hydroxylation is 1. The summed E-state index contributed by atoms with van der Waals surface area (Å²) < 4.78 is 10.1. The number of piperidine rings is 1. The summed E-state index contributed by atoms with van der Waals surface area (Å²) in [5.41, 5.74) is 2.79. The van der Waals surface area contributed by atoms with Crippen LogP contribution in [-0.4, -0.2) is 49.5 Å². The van der Waals surface area contributed by atoms with E-state index in [1.165, 1.54) is 7.11 Å². The number of para-hydroxylation sites is 1. The van der Waals surface area contributed by atoms with E-state index in [1.54, 1.807) is 7.11 Å². The Kier molecular flexibility index (Phi) is 5.08. The zero-order chi connectivity index (χ0) is 18.0. The van der Waals surface area contributed by atoms with Crippen LogP contribution in [-0.2, 0) is 9.53 Å². The fourth-order valence-electron chi connectivity index (χ4n) is 3.55. The largest absolute Gasteiger partial charge is 0.494 e. The number of aromatic nitrogens is 1. The molecule has 1 saturated heterocycles. The van der Waals surface area contributed by atoms with Crippen molar-refractivity contribution in [3.05, 3.63) is 30.0 Å². The zero-order valence-electron chi connectivity index (χ0n) is 14.9. The van der Waals surface area contributed by atoms with E-state index in [0.717, 1.165) is 47.4 Å². The van der Waals surface area contributed by atoms with Crippen LogP contribution >= 0.6 is 0 Å². The van der Waals surface area contributed by atoms with Crippen molar-refractivity contribution in [3.63, 3.8) is 0 Å². The maximum atomic E-state index is 11.7. The summed E-state index contributed by atoms with van der Waals surface area (Å²) in [6, 6.07) is 7.93. The Labute approximate surface area is 147 Å². The van der Waals surface area contributed by atoms with Crippen LogP contribution in [0.3, 0.4) is 0 Å². The van der Waals surface area contributed by atoms with Gasteiger partial charge in [-0.05, 0) is 31.9 Å². The third-order valence-electron chi connectivity index (χ3n) is 4.82. The molecule has 2 atom stereocenters. The fourth-order valence-corrected chi connectivity index (χ4v) is 3.55. The Morgan fingerprint density at radius 2 is 2.20 bits per heavy atom. The summed E-state index contributed by atoms with van der Waals surface area (Å²) >= 11 is 0. The van der Waals surface area contributed by atoms with Crippen LogP contribution in [0.1, 0.15) is 18.5 Å². The molecule has 1 aliphatic heterocycles. The number of aliphatic hydroxyl groups excluding tert-OH is 1. The molecule has 6 nitrogen and oxygen atoms in total. The van der Waals surface area contributed by atoms with Gasteiger partial charge in [0.05, 0.1) is 14.2 Å².